The summed E-state index contributed by atoms with van der Waals surface area (Å²) in [5, 5.41) is 30.3. The molecule has 37 heavy (non-hydrogen) atoms. The molecule has 0 aliphatic carbocycles. The molecule has 0 bridgehead atoms. The third-order valence-corrected chi connectivity index (χ3v) is 5.68. The van der Waals surface area contributed by atoms with Gasteiger partial charge in [-0.15, -0.1) is 13.2 Å². The van der Waals surface area contributed by atoms with Crippen LogP contribution in [0.2, 0.25) is 0 Å². The van der Waals surface area contributed by atoms with E-state index in [0.717, 1.165) is 12.1 Å². The molecule has 1 heterocycles. The molecule has 0 radical (unpaired) electrons. The number of aryl methyl sites for hydroxylation is 1. The number of ether oxygens (including phenoxy) is 2. The summed E-state index contributed by atoms with van der Waals surface area (Å²) in [6, 6.07) is 20.2. The SMILES string of the molecule is Cn1cncc1[C@@](O)(COc1ccc(C#N)cc1-c1ccc(OC(F)(F)F)cc1)c1ccc(C#N)cc1. The summed E-state index contributed by atoms with van der Waals surface area (Å²) in [5.41, 5.74) is 0.861. The Bertz CT molecular complexity index is 1480. The van der Waals surface area contributed by atoms with Crippen LogP contribution in [-0.2, 0) is 12.6 Å². The van der Waals surface area contributed by atoms with Crippen molar-refractivity contribution in [3.05, 3.63) is 102 Å². The third-order valence-electron chi connectivity index (χ3n) is 5.68. The molecule has 3 aromatic carbocycles. The molecule has 0 aliphatic rings. The highest BCUT2D eigenvalue weighted by Crippen LogP contribution is 2.36. The number of hydrogen-bond acceptors (Lipinski definition) is 6. The van der Waals surface area contributed by atoms with E-state index in [4.69, 9.17) is 10.00 Å². The fourth-order valence-corrected chi connectivity index (χ4v) is 3.85. The molecule has 4 rings (SSSR count). The Morgan fingerprint density at radius 3 is 2.16 bits per heavy atom. The summed E-state index contributed by atoms with van der Waals surface area (Å²) < 4.78 is 49.3. The van der Waals surface area contributed by atoms with Gasteiger partial charge < -0.3 is 19.1 Å². The van der Waals surface area contributed by atoms with Crippen LogP contribution in [0.3, 0.4) is 0 Å². The monoisotopic (exact) mass is 504 g/mol. The minimum atomic E-state index is -4.82. The number of halogens is 3. The fraction of sp³-hybridized carbons (Fsp3) is 0.148. The maximum Gasteiger partial charge on any atom is 0.573 e. The zero-order valence-corrected chi connectivity index (χ0v) is 19.4. The van der Waals surface area contributed by atoms with E-state index in [-0.39, 0.29) is 18.1 Å². The van der Waals surface area contributed by atoms with Gasteiger partial charge in [0, 0.05) is 12.6 Å². The zero-order chi connectivity index (χ0) is 26.6. The lowest BCUT2D eigenvalue weighted by atomic mass is 9.90. The second kappa shape index (κ2) is 10.1. The Hall–Kier alpha value is -4.80. The summed E-state index contributed by atoms with van der Waals surface area (Å²) in [7, 11) is 1.72. The fourth-order valence-electron chi connectivity index (χ4n) is 3.85. The van der Waals surface area contributed by atoms with Crippen LogP contribution in [0.25, 0.3) is 11.1 Å². The summed E-state index contributed by atoms with van der Waals surface area (Å²) in [5.74, 6) is -0.0979. The Labute approximate surface area is 210 Å². The summed E-state index contributed by atoms with van der Waals surface area (Å²) in [6.07, 6.45) is -1.79. The highest BCUT2D eigenvalue weighted by atomic mass is 19.4. The molecule has 186 valence electrons. The van der Waals surface area contributed by atoms with Crippen LogP contribution < -0.4 is 9.47 Å². The average Bonchev–Trinajstić information content (AvgIpc) is 3.33. The lowest BCUT2D eigenvalue weighted by Gasteiger charge is -2.29. The quantitative estimate of drug-likeness (QED) is 0.378. The van der Waals surface area contributed by atoms with Crippen LogP contribution >= 0.6 is 0 Å². The minimum absolute atomic E-state index is 0.271. The van der Waals surface area contributed by atoms with Gasteiger partial charge in [-0.1, -0.05) is 24.3 Å². The Balaban J connectivity index is 1.70. The lowest BCUT2D eigenvalue weighted by Crippen LogP contribution is -2.36. The number of benzene rings is 3. The van der Waals surface area contributed by atoms with Gasteiger partial charge in [0.1, 0.15) is 18.1 Å². The first-order valence-electron chi connectivity index (χ1n) is 10.9. The van der Waals surface area contributed by atoms with Gasteiger partial charge in [-0.25, -0.2) is 4.98 Å². The van der Waals surface area contributed by atoms with Crippen LogP contribution in [0.1, 0.15) is 22.4 Å². The molecule has 7 nitrogen and oxygen atoms in total. The van der Waals surface area contributed by atoms with E-state index in [1.165, 1.54) is 30.7 Å². The number of aliphatic hydroxyl groups is 1. The molecule has 1 atom stereocenters. The smallest absolute Gasteiger partial charge is 0.489 e. The van der Waals surface area contributed by atoms with Gasteiger partial charge in [-0.3, -0.25) is 0 Å². The van der Waals surface area contributed by atoms with Crippen LogP contribution in [0, 0.1) is 22.7 Å². The van der Waals surface area contributed by atoms with E-state index in [0.29, 0.717) is 33.5 Å². The molecule has 1 N–H and O–H groups in total. The lowest BCUT2D eigenvalue weighted by molar-refractivity contribution is -0.274. The van der Waals surface area contributed by atoms with Crippen LogP contribution in [0.5, 0.6) is 11.5 Å². The number of aromatic nitrogens is 2. The summed E-state index contributed by atoms with van der Waals surface area (Å²) in [6.45, 7) is -0.271. The van der Waals surface area contributed by atoms with Crippen LogP contribution in [0.15, 0.2) is 79.3 Å². The minimum Gasteiger partial charge on any atom is -0.489 e. The predicted octanol–water partition coefficient (Wildman–Crippen LogP) is 5.04. The molecule has 4 aromatic rings. The van der Waals surface area contributed by atoms with Crippen molar-refractivity contribution >= 4 is 0 Å². The highest BCUT2D eigenvalue weighted by molar-refractivity contribution is 5.72. The van der Waals surface area contributed by atoms with E-state index in [1.54, 1.807) is 48.0 Å². The highest BCUT2D eigenvalue weighted by Gasteiger charge is 2.36. The van der Waals surface area contributed by atoms with Gasteiger partial charge in [0.2, 0.25) is 0 Å². The Kier molecular flexibility index (Phi) is 6.87. The van der Waals surface area contributed by atoms with Gasteiger partial charge in [-0.05, 0) is 53.6 Å². The molecule has 0 saturated carbocycles. The standard InChI is InChI=1S/C27H19F3N4O3/c1-34-17-33-15-25(34)26(35,21-7-2-18(13-31)3-8-21)16-36-24-11-4-19(14-32)12-23(24)20-5-9-22(10-6-20)37-27(28,29)30/h2-12,15,17,35H,16H2,1H3/t26-/m1/s1. The van der Waals surface area contributed by atoms with Crippen LogP contribution in [0.4, 0.5) is 13.2 Å². The van der Waals surface area contributed by atoms with Gasteiger partial charge in [-0.2, -0.15) is 10.5 Å². The van der Waals surface area contributed by atoms with Crippen molar-refractivity contribution in [3.8, 4) is 34.8 Å². The first kappa shape index (κ1) is 25.3. The number of alkyl halides is 3. The van der Waals surface area contributed by atoms with E-state index < -0.39 is 12.0 Å². The molecule has 1 aromatic heterocycles. The predicted molar refractivity (Wildman–Crippen MR) is 126 cm³/mol. The van der Waals surface area contributed by atoms with E-state index >= 15 is 0 Å². The van der Waals surface area contributed by atoms with Crippen molar-refractivity contribution in [1.82, 2.24) is 9.55 Å². The normalized spacial score (nSPS) is 12.7. The maximum atomic E-state index is 12.5. The van der Waals surface area contributed by atoms with Crippen molar-refractivity contribution < 1.29 is 27.8 Å². The van der Waals surface area contributed by atoms with E-state index in [2.05, 4.69) is 9.72 Å². The van der Waals surface area contributed by atoms with E-state index in [1.807, 2.05) is 12.1 Å². The Morgan fingerprint density at radius 2 is 1.59 bits per heavy atom. The molecule has 0 amide bonds. The van der Waals surface area contributed by atoms with Crippen molar-refractivity contribution in [2.24, 2.45) is 7.05 Å². The van der Waals surface area contributed by atoms with Crippen molar-refractivity contribution in [3.63, 3.8) is 0 Å². The van der Waals surface area contributed by atoms with E-state index in [9.17, 15) is 23.5 Å². The third kappa shape index (κ3) is 5.56. The van der Waals surface area contributed by atoms with Gasteiger partial charge in [0.25, 0.3) is 0 Å². The maximum absolute atomic E-state index is 12.5. The molecule has 0 spiro atoms. The van der Waals surface area contributed by atoms with Crippen molar-refractivity contribution in [1.29, 1.82) is 10.5 Å². The van der Waals surface area contributed by atoms with Crippen LogP contribution in [-0.4, -0.2) is 27.6 Å². The number of imidazole rings is 1. The van der Waals surface area contributed by atoms with Gasteiger partial charge in [0.05, 0.1) is 41.5 Å². The molecule has 0 unspecified atom stereocenters. The number of rotatable bonds is 7. The van der Waals surface area contributed by atoms with Gasteiger partial charge >= 0.3 is 6.36 Å². The molecular weight excluding hydrogens is 485 g/mol. The number of hydrogen-bond donors (Lipinski definition) is 1. The first-order chi connectivity index (χ1) is 17.6. The summed E-state index contributed by atoms with van der Waals surface area (Å²) >= 11 is 0. The first-order valence-corrected chi connectivity index (χ1v) is 10.9. The average molecular weight is 504 g/mol. The van der Waals surface area contributed by atoms with Crippen molar-refractivity contribution in [2.45, 2.75) is 12.0 Å². The molecular formula is C27H19F3N4O3. The molecule has 0 fully saturated rings. The zero-order valence-electron chi connectivity index (χ0n) is 19.4. The van der Waals surface area contributed by atoms with Gasteiger partial charge in [0.15, 0.2) is 5.60 Å². The topological polar surface area (TPSA) is 104 Å². The Morgan fingerprint density at radius 1 is 0.946 bits per heavy atom. The largest absolute Gasteiger partial charge is 0.573 e. The number of nitrogens with zero attached hydrogens (tertiary/aromatic N) is 4. The van der Waals surface area contributed by atoms with Crippen molar-refractivity contribution in [2.75, 3.05) is 6.61 Å². The molecule has 0 saturated heterocycles. The second-order valence-corrected chi connectivity index (χ2v) is 8.12. The molecule has 10 heteroatoms. The summed E-state index contributed by atoms with van der Waals surface area (Å²) in [4.78, 5) is 4.09. The number of nitriles is 2. The second-order valence-electron chi connectivity index (χ2n) is 8.12. The molecule has 0 aliphatic heterocycles.